The molecule has 1 aromatic carbocycles. The normalized spacial score (nSPS) is 11.2. The van der Waals surface area contributed by atoms with E-state index in [2.05, 4.69) is 15.1 Å². The summed E-state index contributed by atoms with van der Waals surface area (Å²) in [6.45, 7) is 2.88. The van der Waals surface area contributed by atoms with Gasteiger partial charge in [0.05, 0.1) is 23.4 Å². The van der Waals surface area contributed by atoms with E-state index in [-0.39, 0.29) is 17.5 Å². The van der Waals surface area contributed by atoms with E-state index in [1.807, 2.05) is 29.7 Å². The standard InChI is InChI=1S/C15H11N5O4/c1-2-19-8-16-10-7-9(3-4-11(10)19)14-17-15(24-18-14)12-5-6-13(23-12)20(21)22/h3-8H,2H2,1H3. The monoisotopic (exact) mass is 325 g/mol. The summed E-state index contributed by atoms with van der Waals surface area (Å²) in [6, 6.07) is 8.33. The summed E-state index contributed by atoms with van der Waals surface area (Å²) in [5.74, 6) is 0.211. The van der Waals surface area contributed by atoms with Crippen LogP contribution in [-0.2, 0) is 6.54 Å². The molecule has 0 atom stereocenters. The van der Waals surface area contributed by atoms with Gasteiger partial charge in [0.2, 0.25) is 5.82 Å². The summed E-state index contributed by atoms with van der Waals surface area (Å²) >= 11 is 0. The molecule has 9 heteroatoms. The molecule has 9 nitrogen and oxygen atoms in total. The molecule has 0 saturated carbocycles. The third-order valence-corrected chi connectivity index (χ3v) is 3.63. The number of imidazole rings is 1. The van der Waals surface area contributed by atoms with E-state index in [1.54, 1.807) is 6.33 Å². The van der Waals surface area contributed by atoms with Crippen molar-refractivity contribution in [2.45, 2.75) is 13.5 Å². The third kappa shape index (κ3) is 2.22. The van der Waals surface area contributed by atoms with Gasteiger partial charge >= 0.3 is 5.88 Å². The van der Waals surface area contributed by atoms with Crippen molar-refractivity contribution >= 4 is 16.9 Å². The predicted molar refractivity (Wildman–Crippen MR) is 83.1 cm³/mol. The van der Waals surface area contributed by atoms with Crippen LogP contribution in [0.5, 0.6) is 0 Å². The van der Waals surface area contributed by atoms with Crippen molar-refractivity contribution in [3.05, 3.63) is 46.8 Å². The van der Waals surface area contributed by atoms with E-state index in [9.17, 15) is 10.1 Å². The number of rotatable bonds is 4. The minimum Gasteiger partial charge on any atom is -0.395 e. The van der Waals surface area contributed by atoms with Crippen molar-refractivity contribution < 1.29 is 13.9 Å². The molecule has 0 spiro atoms. The molecule has 0 aliphatic rings. The highest BCUT2D eigenvalue weighted by Crippen LogP contribution is 2.27. The minimum atomic E-state index is -0.626. The van der Waals surface area contributed by atoms with Crippen molar-refractivity contribution in [2.24, 2.45) is 0 Å². The lowest BCUT2D eigenvalue weighted by Gasteiger charge is -1.99. The zero-order chi connectivity index (χ0) is 16.7. The highest BCUT2D eigenvalue weighted by atomic mass is 16.6. The van der Waals surface area contributed by atoms with E-state index in [4.69, 9.17) is 8.94 Å². The molecule has 120 valence electrons. The number of nitrogens with zero attached hydrogens (tertiary/aromatic N) is 5. The first kappa shape index (κ1) is 14.1. The average molecular weight is 325 g/mol. The summed E-state index contributed by atoms with van der Waals surface area (Å²) < 4.78 is 12.2. The molecule has 0 N–H and O–H groups in total. The van der Waals surface area contributed by atoms with Gasteiger partial charge in [-0.05, 0) is 31.2 Å². The van der Waals surface area contributed by atoms with Gasteiger partial charge < -0.3 is 13.5 Å². The topological polar surface area (TPSA) is 113 Å². The molecule has 3 aromatic heterocycles. The zero-order valence-electron chi connectivity index (χ0n) is 12.5. The van der Waals surface area contributed by atoms with Crippen LogP contribution in [-0.4, -0.2) is 24.6 Å². The fourth-order valence-electron chi connectivity index (χ4n) is 2.44. The molecule has 24 heavy (non-hydrogen) atoms. The third-order valence-electron chi connectivity index (χ3n) is 3.63. The smallest absolute Gasteiger partial charge is 0.395 e. The van der Waals surface area contributed by atoms with Gasteiger partial charge in [0.15, 0.2) is 5.76 Å². The SMILES string of the molecule is CCn1cnc2cc(-c3noc(-c4ccc([N+](=O)[O-])o4)n3)ccc21. The number of benzene rings is 1. The zero-order valence-corrected chi connectivity index (χ0v) is 12.5. The van der Waals surface area contributed by atoms with Crippen LogP contribution >= 0.6 is 0 Å². The number of aromatic nitrogens is 4. The molecule has 0 amide bonds. The number of fused-ring (bicyclic) bond motifs is 1. The van der Waals surface area contributed by atoms with Crippen LogP contribution in [0.1, 0.15) is 6.92 Å². The lowest BCUT2D eigenvalue weighted by molar-refractivity contribution is -0.401. The molecule has 4 aromatic rings. The van der Waals surface area contributed by atoms with Crippen molar-refractivity contribution in [1.82, 2.24) is 19.7 Å². The predicted octanol–water partition coefficient (Wildman–Crippen LogP) is 3.27. The summed E-state index contributed by atoms with van der Waals surface area (Å²) in [5.41, 5.74) is 2.58. The van der Waals surface area contributed by atoms with Crippen LogP contribution in [0.3, 0.4) is 0 Å². The largest absolute Gasteiger partial charge is 0.433 e. The maximum atomic E-state index is 10.7. The first-order valence-electron chi connectivity index (χ1n) is 7.19. The van der Waals surface area contributed by atoms with Crippen molar-refractivity contribution in [3.63, 3.8) is 0 Å². The Kier molecular flexibility index (Phi) is 3.12. The van der Waals surface area contributed by atoms with Gasteiger partial charge in [-0.25, -0.2) is 4.98 Å². The lowest BCUT2D eigenvalue weighted by atomic mass is 10.2. The molecular formula is C15H11N5O4. The molecule has 0 aliphatic heterocycles. The quantitative estimate of drug-likeness (QED) is 0.418. The van der Waals surface area contributed by atoms with E-state index in [1.165, 1.54) is 12.1 Å². The maximum absolute atomic E-state index is 10.7. The highest BCUT2D eigenvalue weighted by molar-refractivity contribution is 5.80. The van der Waals surface area contributed by atoms with Crippen molar-refractivity contribution in [3.8, 4) is 23.0 Å². The van der Waals surface area contributed by atoms with Gasteiger partial charge in [0, 0.05) is 12.1 Å². The van der Waals surface area contributed by atoms with Crippen LogP contribution in [0.15, 0.2) is 45.6 Å². The lowest BCUT2D eigenvalue weighted by Crippen LogP contribution is -1.90. The van der Waals surface area contributed by atoms with E-state index < -0.39 is 4.92 Å². The first-order valence-corrected chi connectivity index (χ1v) is 7.19. The van der Waals surface area contributed by atoms with Gasteiger partial charge in [-0.2, -0.15) is 4.98 Å². The molecule has 0 saturated heterocycles. The Bertz CT molecular complexity index is 1050. The second kappa shape index (κ2) is 5.30. The van der Waals surface area contributed by atoms with Gasteiger partial charge in [0.25, 0.3) is 5.89 Å². The fraction of sp³-hybridized carbons (Fsp3) is 0.133. The summed E-state index contributed by atoms with van der Waals surface area (Å²) in [6.07, 6.45) is 1.78. The number of furan rings is 1. The Morgan fingerprint density at radius 3 is 2.92 bits per heavy atom. The van der Waals surface area contributed by atoms with Gasteiger partial charge in [-0.15, -0.1) is 0 Å². The Morgan fingerprint density at radius 2 is 2.17 bits per heavy atom. The molecule has 0 fully saturated rings. The molecule has 0 unspecified atom stereocenters. The van der Waals surface area contributed by atoms with Crippen LogP contribution in [0.4, 0.5) is 5.88 Å². The van der Waals surface area contributed by atoms with Crippen LogP contribution in [0, 0.1) is 10.1 Å². The van der Waals surface area contributed by atoms with Crippen molar-refractivity contribution in [1.29, 1.82) is 0 Å². The average Bonchev–Trinajstić information content (AvgIpc) is 3.31. The van der Waals surface area contributed by atoms with Crippen molar-refractivity contribution in [2.75, 3.05) is 0 Å². The Morgan fingerprint density at radius 1 is 1.29 bits per heavy atom. The highest BCUT2D eigenvalue weighted by Gasteiger charge is 2.18. The van der Waals surface area contributed by atoms with E-state index in [0.29, 0.717) is 5.82 Å². The fourth-order valence-corrected chi connectivity index (χ4v) is 2.44. The van der Waals surface area contributed by atoms with Gasteiger partial charge in [0.1, 0.15) is 4.92 Å². The number of hydrogen-bond donors (Lipinski definition) is 0. The molecule has 0 radical (unpaired) electrons. The Hall–Kier alpha value is -3.49. The van der Waals surface area contributed by atoms with Crippen LogP contribution in [0.2, 0.25) is 0 Å². The van der Waals surface area contributed by atoms with Gasteiger partial charge in [-0.3, -0.25) is 10.1 Å². The molecule has 0 aliphatic carbocycles. The second-order valence-corrected chi connectivity index (χ2v) is 5.05. The first-order chi connectivity index (χ1) is 11.7. The number of aryl methyl sites for hydroxylation is 1. The number of hydrogen-bond acceptors (Lipinski definition) is 7. The maximum Gasteiger partial charge on any atom is 0.433 e. The second-order valence-electron chi connectivity index (χ2n) is 5.05. The molecule has 3 heterocycles. The summed E-state index contributed by atoms with van der Waals surface area (Å²) in [4.78, 5) is 18.6. The van der Waals surface area contributed by atoms with E-state index >= 15 is 0 Å². The van der Waals surface area contributed by atoms with E-state index in [0.717, 1.165) is 23.1 Å². The molecule has 0 bridgehead atoms. The summed E-state index contributed by atoms with van der Waals surface area (Å²) in [7, 11) is 0. The Balaban J connectivity index is 1.70. The van der Waals surface area contributed by atoms with Crippen LogP contribution < -0.4 is 0 Å². The Labute approximate surface area is 134 Å². The number of nitro groups is 1. The molecular weight excluding hydrogens is 314 g/mol. The van der Waals surface area contributed by atoms with Gasteiger partial charge in [-0.1, -0.05) is 5.16 Å². The minimum absolute atomic E-state index is 0.0808. The van der Waals surface area contributed by atoms with Crippen LogP contribution in [0.25, 0.3) is 34.1 Å². The molecule has 4 rings (SSSR count). The summed E-state index contributed by atoms with van der Waals surface area (Å²) in [5, 5.41) is 14.6.